The third-order valence-electron chi connectivity index (χ3n) is 4.48. The molecule has 2 aromatic rings. The molecule has 2 N–H and O–H groups in total. The first-order valence-corrected chi connectivity index (χ1v) is 8.87. The van der Waals surface area contributed by atoms with Crippen molar-refractivity contribution in [3.05, 3.63) is 65.2 Å². The Morgan fingerprint density at radius 3 is 2.33 bits per heavy atom. The molecule has 2 aromatic carbocycles. The van der Waals surface area contributed by atoms with Crippen LogP contribution in [0.2, 0.25) is 0 Å². The van der Waals surface area contributed by atoms with E-state index < -0.39 is 23.4 Å². The zero-order chi connectivity index (χ0) is 19.2. The van der Waals surface area contributed by atoms with Crippen molar-refractivity contribution in [2.45, 2.75) is 19.4 Å². The number of carbonyl (C=O) groups is 2. The van der Waals surface area contributed by atoms with Gasteiger partial charge in [0.15, 0.2) is 0 Å². The van der Waals surface area contributed by atoms with Crippen molar-refractivity contribution in [3.63, 3.8) is 0 Å². The lowest BCUT2D eigenvalue weighted by atomic mass is 10.2. The second-order valence-electron chi connectivity index (χ2n) is 6.44. The maximum atomic E-state index is 13.5. The first kappa shape index (κ1) is 18.8. The molecule has 0 saturated carbocycles. The summed E-state index contributed by atoms with van der Waals surface area (Å²) in [4.78, 5) is 26.1. The van der Waals surface area contributed by atoms with Gasteiger partial charge in [-0.15, -0.1) is 0 Å². The number of hydrogen-bond donors (Lipinski definition) is 2. The van der Waals surface area contributed by atoms with Gasteiger partial charge in [-0.1, -0.05) is 12.1 Å². The van der Waals surface area contributed by atoms with Gasteiger partial charge in [-0.2, -0.15) is 0 Å². The van der Waals surface area contributed by atoms with Crippen LogP contribution in [0.4, 0.5) is 14.5 Å². The van der Waals surface area contributed by atoms with Crippen LogP contribution in [-0.2, 0) is 11.3 Å². The van der Waals surface area contributed by atoms with Crippen molar-refractivity contribution >= 4 is 17.5 Å². The average molecular weight is 373 g/mol. The summed E-state index contributed by atoms with van der Waals surface area (Å²) in [6.07, 6.45) is 2.43. The number of benzene rings is 2. The molecule has 0 radical (unpaired) electrons. The molecule has 1 saturated heterocycles. The Kier molecular flexibility index (Phi) is 6.01. The maximum absolute atomic E-state index is 13.5. The van der Waals surface area contributed by atoms with E-state index in [0.717, 1.165) is 30.8 Å². The van der Waals surface area contributed by atoms with Crippen LogP contribution in [0.25, 0.3) is 0 Å². The number of rotatable bonds is 6. The number of anilines is 1. The molecular weight excluding hydrogens is 352 g/mol. The van der Waals surface area contributed by atoms with Crippen molar-refractivity contribution in [2.75, 3.05) is 24.5 Å². The molecule has 0 unspecified atom stereocenters. The monoisotopic (exact) mass is 373 g/mol. The van der Waals surface area contributed by atoms with E-state index >= 15 is 0 Å². The van der Waals surface area contributed by atoms with E-state index in [4.69, 9.17) is 0 Å². The molecule has 5 nitrogen and oxygen atoms in total. The minimum atomic E-state index is -0.967. The summed E-state index contributed by atoms with van der Waals surface area (Å²) in [6.45, 7) is 2.19. The van der Waals surface area contributed by atoms with Gasteiger partial charge in [0.05, 0.1) is 12.1 Å². The summed E-state index contributed by atoms with van der Waals surface area (Å²) >= 11 is 0. The van der Waals surface area contributed by atoms with Crippen LogP contribution < -0.4 is 15.5 Å². The van der Waals surface area contributed by atoms with Crippen LogP contribution >= 0.6 is 0 Å². The van der Waals surface area contributed by atoms with Crippen molar-refractivity contribution in [2.24, 2.45) is 0 Å². The van der Waals surface area contributed by atoms with Crippen LogP contribution in [0.1, 0.15) is 28.8 Å². The predicted octanol–water partition coefficient (Wildman–Crippen LogP) is 2.61. The highest BCUT2D eigenvalue weighted by Crippen LogP contribution is 2.20. The number of nitrogens with one attached hydrogen (secondary N) is 2. The minimum Gasteiger partial charge on any atom is -0.372 e. The standard InChI is InChI=1S/C20H21F2N3O2/c21-15-5-8-17(18(22)11-15)20(27)24-13-19(26)23-12-14-3-6-16(7-4-14)25-9-1-2-10-25/h3-8,11H,1-2,9-10,12-13H2,(H,23,26)(H,24,27). The summed E-state index contributed by atoms with van der Waals surface area (Å²) < 4.78 is 26.4. The largest absolute Gasteiger partial charge is 0.372 e. The van der Waals surface area contributed by atoms with Crippen LogP contribution in [0.5, 0.6) is 0 Å². The Balaban J connectivity index is 1.44. The van der Waals surface area contributed by atoms with Crippen LogP contribution in [0, 0.1) is 11.6 Å². The quantitative estimate of drug-likeness (QED) is 0.818. The van der Waals surface area contributed by atoms with Gasteiger partial charge in [-0.3, -0.25) is 9.59 Å². The Hall–Kier alpha value is -2.96. The zero-order valence-electron chi connectivity index (χ0n) is 14.8. The van der Waals surface area contributed by atoms with Gasteiger partial charge in [-0.05, 0) is 42.7 Å². The van der Waals surface area contributed by atoms with Gasteiger partial charge in [0.1, 0.15) is 11.6 Å². The number of nitrogens with zero attached hydrogens (tertiary/aromatic N) is 1. The number of amides is 2. The van der Waals surface area contributed by atoms with Crippen molar-refractivity contribution in [1.82, 2.24) is 10.6 Å². The molecule has 0 aromatic heterocycles. The lowest BCUT2D eigenvalue weighted by molar-refractivity contribution is -0.120. The number of halogens is 2. The SMILES string of the molecule is O=C(CNC(=O)c1ccc(F)cc1F)NCc1ccc(N2CCCC2)cc1. The first-order chi connectivity index (χ1) is 13.0. The Morgan fingerprint density at radius 1 is 0.963 bits per heavy atom. The summed E-state index contributed by atoms with van der Waals surface area (Å²) in [6, 6.07) is 10.6. The topological polar surface area (TPSA) is 61.4 Å². The lowest BCUT2D eigenvalue weighted by Gasteiger charge is -2.17. The molecule has 142 valence electrons. The van der Waals surface area contributed by atoms with Crippen LogP contribution in [-0.4, -0.2) is 31.4 Å². The smallest absolute Gasteiger partial charge is 0.254 e. The van der Waals surface area contributed by atoms with Crippen LogP contribution in [0.15, 0.2) is 42.5 Å². The van der Waals surface area contributed by atoms with Gasteiger partial charge in [0.2, 0.25) is 5.91 Å². The van der Waals surface area contributed by atoms with E-state index in [0.29, 0.717) is 12.6 Å². The summed E-state index contributed by atoms with van der Waals surface area (Å²) in [7, 11) is 0. The van der Waals surface area contributed by atoms with E-state index in [2.05, 4.69) is 15.5 Å². The van der Waals surface area contributed by atoms with Gasteiger partial charge >= 0.3 is 0 Å². The molecule has 0 spiro atoms. The van der Waals surface area contributed by atoms with Gasteiger partial charge in [-0.25, -0.2) is 8.78 Å². The highest BCUT2D eigenvalue weighted by molar-refractivity contribution is 5.96. The Bertz CT molecular complexity index is 818. The Morgan fingerprint density at radius 2 is 1.67 bits per heavy atom. The minimum absolute atomic E-state index is 0.290. The van der Waals surface area contributed by atoms with Gasteiger partial charge in [0.25, 0.3) is 5.91 Å². The van der Waals surface area contributed by atoms with Gasteiger partial charge < -0.3 is 15.5 Å². The van der Waals surface area contributed by atoms with E-state index in [1.165, 1.54) is 18.5 Å². The second kappa shape index (κ2) is 8.62. The van der Waals surface area contributed by atoms with Gasteiger partial charge in [0, 0.05) is 31.4 Å². The number of hydrogen-bond acceptors (Lipinski definition) is 3. The van der Waals surface area contributed by atoms with E-state index in [1.54, 1.807) is 0 Å². The molecule has 27 heavy (non-hydrogen) atoms. The third kappa shape index (κ3) is 5.03. The molecule has 0 bridgehead atoms. The average Bonchev–Trinajstić information content (AvgIpc) is 3.19. The molecule has 3 rings (SSSR count). The van der Waals surface area contributed by atoms with Crippen molar-refractivity contribution in [3.8, 4) is 0 Å². The molecule has 1 fully saturated rings. The first-order valence-electron chi connectivity index (χ1n) is 8.87. The fourth-order valence-electron chi connectivity index (χ4n) is 2.99. The second-order valence-corrected chi connectivity index (χ2v) is 6.44. The predicted molar refractivity (Wildman–Crippen MR) is 98.4 cm³/mol. The van der Waals surface area contributed by atoms with Crippen molar-refractivity contribution < 1.29 is 18.4 Å². The molecular formula is C20H21F2N3O2. The van der Waals surface area contributed by atoms with Crippen LogP contribution in [0.3, 0.4) is 0 Å². The zero-order valence-corrected chi connectivity index (χ0v) is 14.8. The van der Waals surface area contributed by atoms with E-state index in [9.17, 15) is 18.4 Å². The summed E-state index contributed by atoms with van der Waals surface area (Å²) in [5.74, 6) is -2.89. The molecule has 1 heterocycles. The highest BCUT2D eigenvalue weighted by atomic mass is 19.1. The fraction of sp³-hybridized carbons (Fsp3) is 0.300. The number of carbonyl (C=O) groups excluding carboxylic acids is 2. The maximum Gasteiger partial charge on any atom is 0.254 e. The fourth-order valence-corrected chi connectivity index (χ4v) is 2.99. The molecule has 1 aliphatic rings. The molecule has 0 aliphatic carbocycles. The third-order valence-corrected chi connectivity index (χ3v) is 4.48. The summed E-state index contributed by atoms with van der Waals surface area (Å²) in [5.41, 5.74) is 1.82. The van der Waals surface area contributed by atoms with E-state index in [-0.39, 0.29) is 12.1 Å². The normalized spacial score (nSPS) is 13.5. The van der Waals surface area contributed by atoms with Crippen molar-refractivity contribution in [1.29, 1.82) is 0 Å². The Labute approximate surface area is 156 Å². The molecule has 2 amide bonds. The summed E-state index contributed by atoms with van der Waals surface area (Å²) in [5, 5.41) is 5.02. The highest BCUT2D eigenvalue weighted by Gasteiger charge is 2.14. The lowest BCUT2D eigenvalue weighted by Crippen LogP contribution is -2.36. The van der Waals surface area contributed by atoms with E-state index in [1.807, 2.05) is 24.3 Å². The molecule has 0 atom stereocenters. The molecule has 7 heteroatoms. The molecule has 1 aliphatic heterocycles.